The van der Waals surface area contributed by atoms with Gasteiger partial charge in [0.05, 0.1) is 23.6 Å². The molecule has 3 rings (SSSR count). The zero-order valence-electron chi connectivity index (χ0n) is 12.3. The molecule has 0 saturated carbocycles. The van der Waals surface area contributed by atoms with Crippen molar-refractivity contribution in [2.45, 2.75) is 13.0 Å². The van der Waals surface area contributed by atoms with Crippen LogP contribution in [-0.2, 0) is 11.3 Å². The van der Waals surface area contributed by atoms with E-state index in [4.69, 9.17) is 0 Å². The second-order valence-electron chi connectivity index (χ2n) is 5.02. The molecule has 0 saturated heterocycles. The van der Waals surface area contributed by atoms with Gasteiger partial charge < -0.3 is 4.57 Å². The first-order valence-electron chi connectivity index (χ1n) is 7.20. The van der Waals surface area contributed by atoms with Crippen LogP contribution in [0.2, 0.25) is 0 Å². The molecule has 0 aliphatic heterocycles. The number of imidazole rings is 1. The Hall–Kier alpha value is -2.47. The van der Waals surface area contributed by atoms with Crippen molar-refractivity contribution < 1.29 is 4.79 Å². The number of nitrogens with zero attached hydrogens (tertiary/aromatic N) is 3. The molecule has 0 aliphatic rings. The molecule has 0 unspecified atom stereocenters. The lowest BCUT2D eigenvalue weighted by Crippen LogP contribution is -2.19. The highest BCUT2D eigenvalue weighted by Crippen LogP contribution is 2.12. The first-order chi connectivity index (χ1) is 11.2. The summed E-state index contributed by atoms with van der Waals surface area (Å²) in [5, 5.41) is 3.97. The molecule has 1 amide bonds. The zero-order chi connectivity index (χ0) is 16.1. The van der Waals surface area contributed by atoms with Crippen LogP contribution < -0.4 is 5.43 Å². The number of amides is 1. The van der Waals surface area contributed by atoms with Gasteiger partial charge in [-0.3, -0.25) is 4.79 Å². The molecule has 1 heterocycles. The summed E-state index contributed by atoms with van der Waals surface area (Å²) in [5.74, 6) is -0.131. The summed E-state index contributed by atoms with van der Waals surface area (Å²) in [4.78, 5) is 16.2. The van der Waals surface area contributed by atoms with Crippen LogP contribution >= 0.6 is 15.9 Å². The maximum atomic E-state index is 11.9. The Kier molecular flexibility index (Phi) is 4.83. The number of benzene rings is 2. The summed E-state index contributed by atoms with van der Waals surface area (Å²) in [6, 6.07) is 15.5. The third-order valence-corrected chi connectivity index (χ3v) is 3.85. The SMILES string of the molecule is O=C(CCn1cnc2ccccc21)NN=Cc1cccc(Br)c1. The Morgan fingerprint density at radius 2 is 2.13 bits per heavy atom. The molecular formula is C17H15BrN4O. The van der Waals surface area contributed by atoms with Crippen molar-refractivity contribution >= 4 is 39.1 Å². The molecule has 0 bridgehead atoms. The smallest absolute Gasteiger partial charge is 0.241 e. The number of para-hydroxylation sites is 2. The third-order valence-electron chi connectivity index (χ3n) is 3.36. The van der Waals surface area contributed by atoms with Gasteiger partial charge >= 0.3 is 0 Å². The number of hydrogen-bond donors (Lipinski definition) is 1. The highest BCUT2D eigenvalue weighted by molar-refractivity contribution is 9.10. The van der Waals surface area contributed by atoms with Crippen molar-refractivity contribution in [2.24, 2.45) is 5.10 Å². The standard InChI is InChI=1S/C17H15BrN4O/c18-14-5-3-4-13(10-14)11-20-21-17(23)8-9-22-12-19-15-6-1-2-7-16(15)22/h1-7,10-12H,8-9H2,(H,21,23). The van der Waals surface area contributed by atoms with Gasteiger partial charge in [-0.1, -0.05) is 40.2 Å². The molecule has 23 heavy (non-hydrogen) atoms. The van der Waals surface area contributed by atoms with E-state index in [9.17, 15) is 4.79 Å². The van der Waals surface area contributed by atoms with Gasteiger partial charge in [0.2, 0.25) is 5.91 Å². The van der Waals surface area contributed by atoms with E-state index in [0.29, 0.717) is 13.0 Å². The number of hydrazone groups is 1. The van der Waals surface area contributed by atoms with E-state index in [0.717, 1.165) is 21.1 Å². The Morgan fingerprint density at radius 3 is 3.00 bits per heavy atom. The molecule has 3 aromatic rings. The van der Waals surface area contributed by atoms with Crippen molar-refractivity contribution in [3.05, 3.63) is 64.9 Å². The second-order valence-corrected chi connectivity index (χ2v) is 5.94. The fourth-order valence-corrected chi connectivity index (χ4v) is 2.65. The van der Waals surface area contributed by atoms with Crippen LogP contribution in [-0.4, -0.2) is 21.7 Å². The summed E-state index contributed by atoms with van der Waals surface area (Å²) in [5.41, 5.74) is 5.42. The highest BCUT2D eigenvalue weighted by atomic mass is 79.9. The summed E-state index contributed by atoms with van der Waals surface area (Å²) < 4.78 is 2.94. The van der Waals surface area contributed by atoms with E-state index in [2.05, 4.69) is 31.4 Å². The molecule has 2 aromatic carbocycles. The van der Waals surface area contributed by atoms with Crippen molar-refractivity contribution in [3.8, 4) is 0 Å². The van der Waals surface area contributed by atoms with Crippen LogP contribution in [0.4, 0.5) is 0 Å². The first-order valence-corrected chi connectivity index (χ1v) is 7.99. The number of aryl methyl sites for hydroxylation is 1. The predicted molar refractivity (Wildman–Crippen MR) is 94.2 cm³/mol. The molecule has 0 radical (unpaired) electrons. The number of nitrogens with one attached hydrogen (secondary N) is 1. The van der Waals surface area contributed by atoms with E-state index in [-0.39, 0.29) is 5.91 Å². The number of hydrogen-bond acceptors (Lipinski definition) is 3. The number of aromatic nitrogens is 2. The molecule has 116 valence electrons. The fraction of sp³-hybridized carbons (Fsp3) is 0.118. The molecule has 1 aromatic heterocycles. The van der Waals surface area contributed by atoms with Crippen LogP contribution in [0.3, 0.4) is 0 Å². The fourth-order valence-electron chi connectivity index (χ4n) is 2.23. The van der Waals surface area contributed by atoms with Crippen molar-refractivity contribution in [1.82, 2.24) is 15.0 Å². The second kappa shape index (κ2) is 7.19. The summed E-state index contributed by atoms with van der Waals surface area (Å²) >= 11 is 3.39. The predicted octanol–water partition coefficient (Wildman–Crippen LogP) is 3.34. The molecule has 0 spiro atoms. The Labute approximate surface area is 142 Å². The van der Waals surface area contributed by atoms with Crippen LogP contribution in [0.1, 0.15) is 12.0 Å². The lowest BCUT2D eigenvalue weighted by molar-refractivity contribution is -0.121. The summed E-state index contributed by atoms with van der Waals surface area (Å²) in [7, 11) is 0. The Balaban J connectivity index is 1.54. The number of rotatable bonds is 5. The molecule has 6 heteroatoms. The van der Waals surface area contributed by atoms with Gasteiger partial charge in [-0.05, 0) is 29.8 Å². The average Bonchev–Trinajstić information content (AvgIpc) is 2.96. The van der Waals surface area contributed by atoms with Gasteiger partial charge in [0.1, 0.15) is 0 Å². The van der Waals surface area contributed by atoms with Crippen LogP contribution in [0.5, 0.6) is 0 Å². The maximum absolute atomic E-state index is 11.9. The molecule has 5 nitrogen and oxygen atoms in total. The molecule has 0 aliphatic carbocycles. The quantitative estimate of drug-likeness (QED) is 0.553. The van der Waals surface area contributed by atoms with E-state index in [1.54, 1.807) is 12.5 Å². The summed E-state index contributed by atoms with van der Waals surface area (Å²) in [6.07, 6.45) is 3.72. The Morgan fingerprint density at radius 1 is 1.26 bits per heavy atom. The minimum absolute atomic E-state index is 0.131. The van der Waals surface area contributed by atoms with E-state index >= 15 is 0 Å². The molecule has 0 fully saturated rings. The third kappa shape index (κ3) is 4.04. The molecule has 0 atom stereocenters. The van der Waals surface area contributed by atoms with Crippen molar-refractivity contribution in [3.63, 3.8) is 0 Å². The van der Waals surface area contributed by atoms with Crippen LogP contribution in [0, 0.1) is 0 Å². The van der Waals surface area contributed by atoms with Crippen LogP contribution in [0.25, 0.3) is 11.0 Å². The Bertz CT molecular complexity index is 856. The molecular weight excluding hydrogens is 356 g/mol. The number of carbonyl (C=O) groups excluding carboxylic acids is 1. The van der Waals surface area contributed by atoms with Gasteiger partial charge in [-0.25, -0.2) is 10.4 Å². The first kappa shape index (κ1) is 15.4. The van der Waals surface area contributed by atoms with Crippen molar-refractivity contribution in [1.29, 1.82) is 0 Å². The van der Waals surface area contributed by atoms with Crippen LogP contribution in [0.15, 0.2) is 64.4 Å². The lowest BCUT2D eigenvalue weighted by Gasteiger charge is -2.03. The normalized spacial score (nSPS) is 11.2. The van der Waals surface area contributed by atoms with E-state index in [1.165, 1.54) is 0 Å². The molecule has 1 N–H and O–H groups in total. The minimum atomic E-state index is -0.131. The van der Waals surface area contributed by atoms with Gasteiger partial charge in [-0.15, -0.1) is 0 Å². The summed E-state index contributed by atoms with van der Waals surface area (Å²) in [6.45, 7) is 0.568. The van der Waals surface area contributed by atoms with Gasteiger partial charge in [0.25, 0.3) is 0 Å². The van der Waals surface area contributed by atoms with Gasteiger partial charge in [0, 0.05) is 17.4 Å². The topological polar surface area (TPSA) is 59.3 Å². The van der Waals surface area contributed by atoms with E-state index < -0.39 is 0 Å². The number of halogens is 1. The lowest BCUT2D eigenvalue weighted by atomic mass is 10.2. The number of fused-ring (bicyclic) bond motifs is 1. The average molecular weight is 371 g/mol. The minimum Gasteiger partial charge on any atom is -0.330 e. The zero-order valence-corrected chi connectivity index (χ0v) is 13.9. The van der Waals surface area contributed by atoms with Crippen molar-refractivity contribution in [2.75, 3.05) is 0 Å². The maximum Gasteiger partial charge on any atom is 0.241 e. The highest BCUT2D eigenvalue weighted by Gasteiger charge is 2.04. The van der Waals surface area contributed by atoms with E-state index in [1.807, 2.05) is 53.1 Å². The monoisotopic (exact) mass is 370 g/mol. The van der Waals surface area contributed by atoms with Gasteiger partial charge in [-0.2, -0.15) is 5.10 Å². The number of carbonyl (C=O) groups is 1. The largest absolute Gasteiger partial charge is 0.330 e. The van der Waals surface area contributed by atoms with Gasteiger partial charge in [0.15, 0.2) is 0 Å².